The number of aryl methyl sites for hydroxylation is 4. The van der Waals surface area contributed by atoms with Gasteiger partial charge in [-0.25, -0.2) is 15.0 Å². The number of pyridine rings is 1. The van der Waals surface area contributed by atoms with Crippen molar-refractivity contribution in [2.24, 2.45) is 0 Å². The topological polar surface area (TPSA) is 83.9 Å². The third-order valence-corrected chi connectivity index (χ3v) is 6.23. The average molecular weight is 437 g/mol. The maximum Gasteiger partial charge on any atom is 0.228 e. The van der Waals surface area contributed by atoms with E-state index in [9.17, 15) is 4.79 Å². The highest BCUT2D eigenvalue weighted by atomic mass is 32.1. The minimum Gasteiger partial charge on any atom is -0.342 e. The molecule has 4 rings (SSSR count). The van der Waals surface area contributed by atoms with Gasteiger partial charge in [0.15, 0.2) is 0 Å². The highest BCUT2D eigenvalue weighted by molar-refractivity contribution is 7.09. The molecule has 31 heavy (non-hydrogen) atoms. The van der Waals surface area contributed by atoms with E-state index in [4.69, 9.17) is 4.98 Å². The highest BCUT2D eigenvalue weighted by Crippen LogP contribution is 2.29. The van der Waals surface area contributed by atoms with Crippen molar-refractivity contribution in [2.75, 3.05) is 18.4 Å². The summed E-state index contributed by atoms with van der Waals surface area (Å²) in [6, 6.07) is 6.02. The number of carbonyl (C=O) groups is 1. The van der Waals surface area contributed by atoms with Gasteiger partial charge in [0.1, 0.15) is 0 Å². The van der Waals surface area contributed by atoms with Gasteiger partial charge in [-0.3, -0.25) is 9.78 Å². The van der Waals surface area contributed by atoms with Crippen LogP contribution in [-0.2, 0) is 11.2 Å². The van der Waals surface area contributed by atoms with E-state index >= 15 is 0 Å². The quantitative estimate of drug-likeness (QED) is 0.644. The van der Waals surface area contributed by atoms with Crippen molar-refractivity contribution in [1.29, 1.82) is 0 Å². The predicted molar refractivity (Wildman–Crippen MR) is 123 cm³/mol. The summed E-state index contributed by atoms with van der Waals surface area (Å²) in [6.07, 6.45) is 2.37. The second kappa shape index (κ2) is 9.09. The van der Waals surface area contributed by atoms with E-state index in [1.807, 2.05) is 50.1 Å². The van der Waals surface area contributed by atoms with Crippen molar-refractivity contribution in [1.82, 2.24) is 24.8 Å². The Kier molecular flexibility index (Phi) is 6.27. The number of piperidine rings is 1. The fourth-order valence-corrected chi connectivity index (χ4v) is 4.70. The van der Waals surface area contributed by atoms with Crippen LogP contribution in [0.1, 0.15) is 52.2 Å². The number of aromatic nitrogens is 4. The molecule has 4 heterocycles. The van der Waals surface area contributed by atoms with E-state index in [-0.39, 0.29) is 11.8 Å². The Morgan fingerprint density at radius 3 is 2.52 bits per heavy atom. The normalized spacial score (nSPS) is 16.4. The van der Waals surface area contributed by atoms with E-state index in [0.29, 0.717) is 18.9 Å². The van der Waals surface area contributed by atoms with Gasteiger partial charge in [0.05, 0.1) is 17.1 Å². The Balaban J connectivity index is 1.48. The number of hydrogen-bond donors (Lipinski definition) is 1. The number of hydrogen-bond acceptors (Lipinski definition) is 7. The summed E-state index contributed by atoms with van der Waals surface area (Å²) in [7, 11) is 0. The summed E-state index contributed by atoms with van der Waals surface area (Å²) in [5, 5.41) is 6.30. The SMILES string of the molecule is Cc1cc(Nc2nc(C)cc(C)n2)cc(C2CCCN(C(=O)Cc3csc(C)n3)C2)n1. The van der Waals surface area contributed by atoms with Gasteiger partial charge in [-0.05, 0) is 58.7 Å². The zero-order valence-corrected chi connectivity index (χ0v) is 19.3. The molecule has 1 fully saturated rings. The van der Waals surface area contributed by atoms with Crippen LogP contribution in [0.3, 0.4) is 0 Å². The van der Waals surface area contributed by atoms with Gasteiger partial charge in [-0.15, -0.1) is 11.3 Å². The molecule has 0 aliphatic carbocycles. The lowest BCUT2D eigenvalue weighted by Crippen LogP contribution is -2.40. The van der Waals surface area contributed by atoms with Gasteiger partial charge in [0.2, 0.25) is 11.9 Å². The maximum absolute atomic E-state index is 12.8. The van der Waals surface area contributed by atoms with E-state index in [0.717, 1.165) is 58.6 Å². The van der Waals surface area contributed by atoms with Gasteiger partial charge in [0.25, 0.3) is 0 Å². The first-order chi connectivity index (χ1) is 14.9. The smallest absolute Gasteiger partial charge is 0.228 e. The molecule has 162 valence electrons. The number of amides is 1. The second-order valence-corrected chi connectivity index (χ2v) is 9.30. The molecule has 3 aromatic rings. The number of thiazole rings is 1. The van der Waals surface area contributed by atoms with Crippen LogP contribution in [-0.4, -0.2) is 43.8 Å². The van der Waals surface area contributed by atoms with Crippen LogP contribution >= 0.6 is 11.3 Å². The molecule has 1 atom stereocenters. The Hall–Kier alpha value is -2.87. The van der Waals surface area contributed by atoms with Gasteiger partial charge in [-0.2, -0.15) is 0 Å². The molecule has 0 spiro atoms. The van der Waals surface area contributed by atoms with Crippen LogP contribution in [0.4, 0.5) is 11.6 Å². The van der Waals surface area contributed by atoms with E-state index in [1.165, 1.54) is 0 Å². The Bertz CT molecular complexity index is 1080. The van der Waals surface area contributed by atoms with Gasteiger partial charge in [-0.1, -0.05) is 0 Å². The summed E-state index contributed by atoms with van der Waals surface area (Å²) in [5.74, 6) is 0.952. The molecular weight excluding hydrogens is 408 g/mol. The lowest BCUT2D eigenvalue weighted by Gasteiger charge is -2.32. The number of nitrogens with zero attached hydrogens (tertiary/aromatic N) is 5. The first-order valence-corrected chi connectivity index (χ1v) is 11.5. The number of carbonyl (C=O) groups excluding carboxylic acids is 1. The number of nitrogens with one attached hydrogen (secondary N) is 1. The van der Waals surface area contributed by atoms with Crippen molar-refractivity contribution in [3.63, 3.8) is 0 Å². The lowest BCUT2D eigenvalue weighted by molar-refractivity contribution is -0.131. The summed E-state index contributed by atoms with van der Waals surface area (Å²) in [5.41, 5.74) is 5.59. The molecule has 0 saturated carbocycles. The first kappa shape index (κ1) is 21.4. The minimum atomic E-state index is 0.143. The molecule has 8 heteroatoms. The molecule has 1 amide bonds. The molecule has 0 radical (unpaired) electrons. The lowest BCUT2D eigenvalue weighted by atomic mass is 9.93. The minimum absolute atomic E-state index is 0.143. The monoisotopic (exact) mass is 436 g/mol. The Morgan fingerprint density at radius 1 is 1.06 bits per heavy atom. The summed E-state index contributed by atoms with van der Waals surface area (Å²) in [4.78, 5) is 33.0. The molecule has 1 aliphatic rings. The Labute approximate surface area is 187 Å². The van der Waals surface area contributed by atoms with Crippen LogP contribution in [0, 0.1) is 27.7 Å². The molecule has 1 N–H and O–H groups in total. The molecule has 3 aromatic heterocycles. The van der Waals surface area contributed by atoms with Crippen molar-refractivity contribution in [2.45, 2.75) is 52.9 Å². The molecule has 0 aromatic carbocycles. The average Bonchev–Trinajstić information content (AvgIpc) is 3.11. The first-order valence-electron chi connectivity index (χ1n) is 10.6. The molecule has 1 aliphatic heterocycles. The standard InChI is InChI=1S/C23H28N6OS/c1-14-8-15(2)26-23(25-14)28-19-9-16(3)24-21(10-19)18-6-5-7-29(12-18)22(30)11-20-13-31-17(4)27-20/h8-10,13,18H,5-7,11-12H2,1-4H3,(H,24,25,26,28). The van der Waals surface area contributed by atoms with Crippen LogP contribution in [0.15, 0.2) is 23.6 Å². The van der Waals surface area contributed by atoms with Crippen LogP contribution < -0.4 is 5.32 Å². The van der Waals surface area contributed by atoms with Gasteiger partial charge in [0, 0.05) is 52.9 Å². The van der Waals surface area contributed by atoms with Crippen molar-refractivity contribution >= 4 is 28.9 Å². The van der Waals surface area contributed by atoms with Crippen molar-refractivity contribution < 1.29 is 4.79 Å². The predicted octanol–water partition coefficient (Wildman–Crippen LogP) is 4.25. The van der Waals surface area contributed by atoms with Crippen molar-refractivity contribution in [3.05, 3.63) is 57.1 Å². The summed E-state index contributed by atoms with van der Waals surface area (Å²) in [6.45, 7) is 9.37. The zero-order valence-electron chi connectivity index (χ0n) is 18.5. The summed E-state index contributed by atoms with van der Waals surface area (Å²) < 4.78 is 0. The van der Waals surface area contributed by atoms with Gasteiger partial charge >= 0.3 is 0 Å². The van der Waals surface area contributed by atoms with Gasteiger partial charge < -0.3 is 10.2 Å². The largest absolute Gasteiger partial charge is 0.342 e. The van der Waals surface area contributed by atoms with Crippen LogP contribution in [0.25, 0.3) is 0 Å². The maximum atomic E-state index is 12.8. The fourth-order valence-electron chi connectivity index (χ4n) is 4.09. The Morgan fingerprint density at radius 2 is 1.81 bits per heavy atom. The van der Waals surface area contributed by atoms with E-state index in [1.54, 1.807) is 11.3 Å². The molecule has 0 bridgehead atoms. The second-order valence-electron chi connectivity index (χ2n) is 8.23. The number of anilines is 2. The molecule has 1 unspecified atom stereocenters. The number of likely N-dealkylation sites (tertiary alicyclic amines) is 1. The molecule has 7 nitrogen and oxygen atoms in total. The van der Waals surface area contributed by atoms with E-state index in [2.05, 4.69) is 26.3 Å². The summed E-state index contributed by atoms with van der Waals surface area (Å²) >= 11 is 1.59. The van der Waals surface area contributed by atoms with Crippen LogP contribution in [0.2, 0.25) is 0 Å². The fraction of sp³-hybridized carbons (Fsp3) is 0.435. The third-order valence-electron chi connectivity index (χ3n) is 5.40. The number of rotatable bonds is 5. The molecule has 1 saturated heterocycles. The highest BCUT2D eigenvalue weighted by Gasteiger charge is 2.26. The zero-order chi connectivity index (χ0) is 22.0. The van der Waals surface area contributed by atoms with Crippen LogP contribution in [0.5, 0.6) is 0 Å². The molecular formula is C23H28N6OS. The van der Waals surface area contributed by atoms with E-state index < -0.39 is 0 Å². The van der Waals surface area contributed by atoms with Crippen molar-refractivity contribution in [3.8, 4) is 0 Å². The third kappa shape index (κ3) is 5.44.